The maximum absolute atomic E-state index is 2.67. The lowest BCUT2D eigenvalue weighted by atomic mass is 9.45. The summed E-state index contributed by atoms with van der Waals surface area (Å²) in [5.74, 6) is 0. The molecule has 0 N–H and O–H groups in total. The first kappa shape index (κ1) is 28.2. The number of fused-ring (bicyclic) bond motifs is 7. The lowest BCUT2D eigenvalue weighted by molar-refractivity contribution is 0.590. The second-order valence-corrected chi connectivity index (χ2v) is 15.5. The van der Waals surface area contributed by atoms with Crippen LogP contribution in [0.2, 0.25) is 0 Å². The Labute approximate surface area is 278 Å². The molecule has 0 spiro atoms. The van der Waals surface area contributed by atoms with E-state index in [1.54, 1.807) is 0 Å². The third kappa shape index (κ3) is 4.12. The molecule has 7 aromatic rings. The number of anilines is 3. The molecule has 3 heteroatoms. The topological polar surface area (TPSA) is 8.17 Å². The summed E-state index contributed by atoms with van der Waals surface area (Å²) in [6, 6.07) is 47.9. The zero-order valence-electron chi connectivity index (χ0n) is 28.1. The molecule has 2 nitrogen and oxygen atoms in total. The van der Waals surface area contributed by atoms with Crippen molar-refractivity contribution in [2.45, 2.75) is 52.4 Å². The van der Waals surface area contributed by atoms with Crippen LogP contribution in [-0.4, -0.2) is 11.3 Å². The highest BCUT2D eigenvalue weighted by atomic mass is 15.2. The molecule has 2 aliphatic heterocycles. The minimum Gasteiger partial charge on any atom is -0.375 e. The summed E-state index contributed by atoms with van der Waals surface area (Å²) in [7, 11) is 0. The van der Waals surface area contributed by atoms with Crippen LogP contribution in [0.1, 0.15) is 52.7 Å². The molecule has 0 atom stereocenters. The summed E-state index contributed by atoms with van der Waals surface area (Å²) in [5.41, 5.74) is 17.0. The fraction of sp³-hybridized carbons (Fsp3) is 0.182. The first-order valence-corrected chi connectivity index (χ1v) is 16.9. The third-order valence-electron chi connectivity index (χ3n) is 10.4. The first-order chi connectivity index (χ1) is 22.6. The summed E-state index contributed by atoms with van der Waals surface area (Å²) in [6.45, 7) is 14.0. The average Bonchev–Trinajstić information content (AvgIpc) is 3.40. The number of para-hydroxylation sites is 2. The molecule has 9 rings (SSSR count). The normalized spacial score (nSPS) is 13.7. The quantitative estimate of drug-likeness (QED) is 0.178. The number of hydrogen-bond donors (Lipinski definition) is 0. The van der Waals surface area contributed by atoms with Crippen molar-refractivity contribution in [2.24, 2.45) is 0 Å². The zero-order chi connectivity index (χ0) is 32.2. The van der Waals surface area contributed by atoms with E-state index in [2.05, 4.69) is 178 Å². The molecular weight excluding hydrogens is 567 g/mol. The second-order valence-electron chi connectivity index (χ2n) is 15.5. The van der Waals surface area contributed by atoms with Gasteiger partial charge in [0.25, 0.3) is 0 Å². The molecule has 2 aliphatic rings. The molecule has 1 aromatic heterocycles. The highest BCUT2D eigenvalue weighted by Crippen LogP contribution is 2.48. The second kappa shape index (κ2) is 9.75. The summed E-state index contributed by atoms with van der Waals surface area (Å²) < 4.78 is 2.67. The molecule has 228 valence electrons. The SMILES string of the molecule is CC(C)(C)c1ccc2c(c1)c1cc(C(C)(C)C)cc3c1n2B1c2ccccc2N(c2ccccc2)c2cc(-c4ccccc4)cc-3c21. The van der Waals surface area contributed by atoms with Crippen molar-refractivity contribution in [1.29, 1.82) is 0 Å². The predicted molar refractivity (Wildman–Crippen MR) is 203 cm³/mol. The summed E-state index contributed by atoms with van der Waals surface area (Å²) in [6.07, 6.45) is 0. The lowest BCUT2D eigenvalue weighted by Gasteiger charge is -2.41. The molecule has 0 saturated heterocycles. The van der Waals surface area contributed by atoms with E-state index in [0.29, 0.717) is 0 Å². The molecular formula is C44H39BN2. The Balaban J connectivity index is 1.49. The fourth-order valence-electron chi connectivity index (χ4n) is 8.02. The van der Waals surface area contributed by atoms with Crippen molar-refractivity contribution in [3.05, 3.63) is 139 Å². The van der Waals surface area contributed by atoms with Crippen molar-refractivity contribution in [2.75, 3.05) is 4.90 Å². The van der Waals surface area contributed by atoms with E-state index in [0.717, 1.165) is 0 Å². The number of aromatic nitrogens is 1. The van der Waals surface area contributed by atoms with Gasteiger partial charge < -0.3 is 9.38 Å². The van der Waals surface area contributed by atoms with Crippen LogP contribution in [0, 0.1) is 0 Å². The van der Waals surface area contributed by atoms with Gasteiger partial charge in [0, 0.05) is 44.4 Å². The van der Waals surface area contributed by atoms with Crippen molar-refractivity contribution in [3.8, 4) is 22.3 Å². The molecule has 0 unspecified atom stereocenters. The maximum Gasteiger partial charge on any atom is 0.333 e. The number of rotatable bonds is 2. The molecule has 0 aliphatic carbocycles. The molecule has 0 amide bonds. The van der Waals surface area contributed by atoms with E-state index >= 15 is 0 Å². The van der Waals surface area contributed by atoms with Gasteiger partial charge in [0.1, 0.15) is 0 Å². The van der Waals surface area contributed by atoms with Crippen molar-refractivity contribution in [1.82, 2.24) is 4.48 Å². The zero-order valence-corrected chi connectivity index (χ0v) is 28.1. The standard InChI is InChI=1S/C44H39BN2/c1-43(2,3)30-21-22-38-33(25-30)35-26-31(44(4,5)6)27-36-34-23-29(28-15-9-7-10-16-28)24-40-41(34)45(47(38)42(35)36)37-19-13-14-20-39(37)46(40)32-17-11-8-12-18-32/h7-27H,1-6H3. The van der Waals surface area contributed by atoms with Crippen molar-refractivity contribution < 1.29 is 0 Å². The van der Waals surface area contributed by atoms with E-state index in [-0.39, 0.29) is 17.7 Å². The number of nitrogens with zero attached hydrogens (tertiary/aromatic N) is 2. The lowest BCUT2D eigenvalue weighted by Crippen LogP contribution is -2.56. The van der Waals surface area contributed by atoms with E-state index in [1.165, 1.54) is 83.2 Å². The number of hydrogen-bond acceptors (Lipinski definition) is 1. The molecule has 3 heterocycles. The third-order valence-corrected chi connectivity index (χ3v) is 10.4. The van der Waals surface area contributed by atoms with E-state index in [4.69, 9.17) is 0 Å². The van der Waals surface area contributed by atoms with Gasteiger partial charge >= 0.3 is 6.85 Å². The maximum atomic E-state index is 2.67. The van der Waals surface area contributed by atoms with E-state index in [9.17, 15) is 0 Å². The van der Waals surface area contributed by atoms with Crippen LogP contribution in [0.5, 0.6) is 0 Å². The van der Waals surface area contributed by atoms with Gasteiger partial charge in [-0.2, -0.15) is 0 Å². The molecule has 6 aromatic carbocycles. The summed E-state index contributed by atoms with van der Waals surface area (Å²) >= 11 is 0. The van der Waals surface area contributed by atoms with Crippen LogP contribution in [0.15, 0.2) is 127 Å². The largest absolute Gasteiger partial charge is 0.375 e. The van der Waals surface area contributed by atoms with Gasteiger partial charge in [0.05, 0.1) is 0 Å². The van der Waals surface area contributed by atoms with Gasteiger partial charge in [-0.3, -0.25) is 0 Å². The Morgan fingerprint density at radius 2 is 1.17 bits per heavy atom. The Kier molecular flexibility index (Phi) is 5.85. The van der Waals surface area contributed by atoms with Crippen LogP contribution < -0.4 is 15.8 Å². The fourth-order valence-corrected chi connectivity index (χ4v) is 8.02. The van der Waals surface area contributed by atoms with Crippen LogP contribution in [0.3, 0.4) is 0 Å². The van der Waals surface area contributed by atoms with Crippen molar-refractivity contribution >= 4 is 56.6 Å². The molecule has 47 heavy (non-hydrogen) atoms. The van der Waals surface area contributed by atoms with Gasteiger partial charge in [0.15, 0.2) is 0 Å². The minimum absolute atomic E-state index is 0.00260. The average molecular weight is 607 g/mol. The highest BCUT2D eigenvalue weighted by molar-refractivity contribution is 6.90. The Hall–Kier alpha value is -5.02. The van der Waals surface area contributed by atoms with Gasteiger partial charge in [-0.25, -0.2) is 0 Å². The Bertz CT molecular complexity index is 2370. The summed E-state index contributed by atoms with van der Waals surface area (Å²) in [5, 5.41) is 2.70. The van der Waals surface area contributed by atoms with Gasteiger partial charge in [-0.1, -0.05) is 114 Å². The van der Waals surface area contributed by atoms with Gasteiger partial charge in [0.2, 0.25) is 0 Å². The molecule has 0 radical (unpaired) electrons. The van der Waals surface area contributed by atoms with Crippen LogP contribution >= 0.6 is 0 Å². The molecule has 0 saturated carbocycles. The van der Waals surface area contributed by atoms with Crippen LogP contribution in [-0.2, 0) is 10.8 Å². The smallest absolute Gasteiger partial charge is 0.333 e. The van der Waals surface area contributed by atoms with Gasteiger partial charge in [-0.15, -0.1) is 0 Å². The minimum atomic E-state index is -0.00260. The van der Waals surface area contributed by atoms with Crippen LogP contribution in [0.25, 0.3) is 44.1 Å². The number of benzene rings is 6. The first-order valence-electron chi connectivity index (χ1n) is 16.9. The Morgan fingerprint density at radius 1 is 0.511 bits per heavy atom. The van der Waals surface area contributed by atoms with E-state index in [1.807, 2.05) is 0 Å². The summed E-state index contributed by atoms with van der Waals surface area (Å²) in [4.78, 5) is 2.50. The molecule has 0 bridgehead atoms. The van der Waals surface area contributed by atoms with E-state index < -0.39 is 0 Å². The Morgan fingerprint density at radius 3 is 1.89 bits per heavy atom. The predicted octanol–water partition coefficient (Wildman–Crippen LogP) is 10.5. The monoisotopic (exact) mass is 606 g/mol. The van der Waals surface area contributed by atoms with Crippen molar-refractivity contribution in [3.63, 3.8) is 0 Å². The van der Waals surface area contributed by atoms with Gasteiger partial charge in [-0.05, 0) is 104 Å². The molecule has 0 fully saturated rings. The van der Waals surface area contributed by atoms with Crippen LogP contribution in [0.4, 0.5) is 17.1 Å². The highest BCUT2D eigenvalue weighted by Gasteiger charge is 2.43.